The third-order valence-electron chi connectivity index (χ3n) is 3.08. The number of nitrogens with one attached hydrogen (secondary N) is 1. The molecule has 0 atom stereocenters. The van der Waals surface area contributed by atoms with Crippen LogP contribution in [0.5, 0.6) is 0 Å². The van der Waals surface area contributed by atoms with Crippen LogP contribution < -0.4 is 5.32 Å². The first-order valence-electron chi connectivity index (χ1n) is 6.67. The lowest BCUT2D eigenvalue weighted by molar-refractivity contribution is 0.384. The van der Waals surface area contributed by atoms with Gasteiger partial charge in [-0.2, -0.15) is 10.4 Å². The monoisotopic (exact) mass is 376 g/mol. The predicted octanol–water partition coefficient (Wildman–Crippen LogP) is 1.49. The molecule has 0 unspecified atom stereocenters. The lowest BCUT2D eigenvalue weighted by atomic mass is 9.98. The number of aromatic nitrogens is 2. The molecular weight excluding hydrogens is 356 g/mol. The third-order valence-corrected chi connectivity index (χ3v) is 4.86. The Balaban J connectivity index is 2.84. The molecule has 21 heavy (non-hydrogen) atoms. The Kier molecular flexibility index (Phi) is 5.96. The second kappa shape index (κ2) is 6.90. The Morgan fingerprint density at radius 1 is 1.48 bits per heavy atom. The molecule has 0 aromatic carbocycles. The number of nitriles is 1. The summed E-state index contributed by atoms with van der Waals surface area (Å²) in [5.41, 5.74) is 1.01. The van der Waals surface area contributed by atoms with E-state index >= 15 is 0 Å². The summed E-state index contributed by atoms with van der Waals surface area (Å²) >= 11 is 3.43. The van der Waals surface area contributed by atoms with Gasteiger partial charge in [0.05, 0.1) is 15.9 Å². The average Bonchev–Trinajstić information content (AvgIpc) is 2.63. The van der Waals surface area contributed by atoms with E-state index in [1.165, 1.54) is 6.26 Å². The fraction of sp³-hybridized carbons (Fsp3) is 0.692. The predicted molar refractivity (Wildman–Crippen MR) is 85.8 cm³/mol. The highest BCUT2D eigenvalue weighted by molar-refractivity contribution is 9.10. The quantitative estimate of drug-likeness (QED) is 0.778. The number of hydrogen-bond acceptors (Lipinski definition) is 5. The molecule has 1 rings (SSSR count). The summed E-state index contributed by atoms with van der Waals surface area (Å²) in [6.07, 6.45) is 1.86. The van der Waals surface area contributed by atoms with Crippen molar-refractivity contribution in [2.45, 2.75) is 39.3 Å². The van der Waals surface area contributed by atoms with E-state index in [9.17, 15) is 8.42 Å². The van der Waals surface area contributed by atoms with Crippen molar-refractivity contribution in [3.05, 3.63) is 15.9 Å². The molecule has 0 aliphatic carbocycles. The molecule has 0 aliphatic heterocycles. The van der Waals surface area contributed by atoms with Gasteiger partial charge < -0.3 is 5.32 Å². The number of rotatable bonds is 7. The maximum atomic E-state index is 11.2. The third kappa shape index (κ3) is 5.41. The molecule has 0 spiro atoms. The maximum absolute atomic E-state index is 11.2. The minimum absolute atomic E-state index is 0.105. The standard InChI is InChI=1S/C13H21BrN4O2S/c1-5-18-11(12(14)10(9-15)17-18)8-13(2,3)16-6-7-21(4,19)20/h16H,5-8H2,1-4H3. The van der Waals surface area contributed by atoms with Crippen LogP contribution in [0.25, 0.3) is 0 Å². The van der Waals surface area contributed by atoms with Crippen molar-refractivity contribution in [3.63, 3.8) is 0 Å². The normalized spacial score (nSPS) is 12.4. The number of aryl methyl sites for hydroxylation is 1. The van der Waals surface area contributed by atoms with E-state index in [2.05, 4.69) is 32.4 Å². The number of sulfone groups is 1. The highest BCUT2D eigenvalue weighted by Gasteiger charge is 2.24. The van der Waals surface area contributed by atoms with Gasteiger partial charge in [0, 0.05) is 31.3 Å². The first-order chi connectivity index (χ1) is 9.59. The summed E-state index contributed by atoms with van der Waals surface area (Å²) in [6, 6.07) is 2.06. The molecule has 118 valence electrons. The lowest BCUT2D eigenvalue weighted by Crippen LogP contribution is -2.44. The Morgan fingerprint density at radius 3 is 2.57 bits per heavy atom. The van der Waals surface area contributed by atoms with Crippen molar-refractivity contribution < 1.29 is 8.42 Å². The molecular formula is C13H21BrN4O2S. The Labute approximate surface area is 134 Å². The molecule has 1 aromatic rings. The van der Waals surface area contributed by atoms with Crippen molar-refractivity contribution >= 4 is 25.8 Å². The van der Waals surface area contributed by atoms with Crippen LogP contribution in [0.3, 0.4) is 0 Å². The van der Waals surface area contributed by atoms with Gasteiger partial charge in [0.2, 0.25) is 0 Å². The molecule has 6 nitrogen and oxygen atoms in total. The van der Waals surface area contributed by atoms with Crippen molar-refractivity contribution in [1.82, 2.24) is 15.1 Å². The van der Waals surface area contributed by atoms with Crippen LogP contribution in [-0.2, 0) is 22.8 Å². The minimum Gasteiger partial charge on any atom is -0.310 e. The van der Waals surface area contributed by atoms with E-state index in [4.69, 9.17) is 5.26 Å². The first-order valence-corrected chi connectivity index (χ1v) is 9.53. The van der Waals surface area contributed by atoms with Crippen molar-refractivity contribution in [3.8, 4) is 6.07 Å². The van der Waals surface area contributed by atoms with E-state index < -0.39 is 9.84 Å². The van der Waals surface area contributed by atoms with E-state index in [1.807, 2.05) is 20.8 Å². The number of hydrogen-bond donors (Lipinski definition) is 1. The SMILES string of the molecule is CCn1nc(C#N)c(Br)c1CC(C)(C)NCCS(C)(=O)=O. The average molecular weight is 377 g/mol. The highest BCUT2D eigenvalue weighted by atomic mass is 79.9. The van der Waals surface area contributed by atoms with E-state index in [0.29, 0.717) is 29.7 Å². The van der Waals surface area contributed by atoms with Gasteiger partial charge in [0.1, 0.15) is 15.9 Å². The van der Waals surface area contributed by atoms with Gasteiger partial charge in [0.15, 0.2) is 5.69 Å². The Bertz CT molecular complexity index is 644. The van der Waals surface area contributed by atoms with Crippen LogP contribution in [0.2, 0.25) is 0 Å². The van der Waals surface area contributed by atoms with Crippen molar-refractivity contribution in [2.24, 2.45) is 0 Å². The zero-order chi connectivity index (χ0) is 16.3. The van der Waals surface area contributed by atoms with Crippen LogP contribution >= 0.6 is 15.9 Å². The van der Waals surface area contributed by atoms with E-state index in [-0.39, 0.29) is 11.3 Å². The lowest BCUT2D eigenvalue weighted by Gasteiger charge is -2.26. The van der Waals surface area contributed by atoms with Gasteiger partial charge in [-0.25, -0.2) is 8.42 Å². The van der Waals surface area contributed by atoms with Gasteiger partial charge in [-0.05, 0) is 36.7 Å². The topological polar surface area (TPSA) is 87.8 Å². The zero-order valence-corrected chi connectivity index (χ0v) is 15.2. The van der Waals surface area contributed by atoms with Crippen LogP contribution in [-0.4, -0.2) is 42.3 Å². The van der Waals surface area contributed by atoms with Gasteiger partial charge in [-0.1, -0.05) is 0 Å². The number of halogens is 1. The zero-order valence-electron chi connectivity index (χ0n) is 12.8. The maximum Gasteiger partial charge on any atom is 0.176 e. The first kappa shape index (κ1) is 18.1. The van der Waals surface area contributed by atoms with E-state index in [1.54, 1.807) is 4.68 Å². The smallest absolute Gasteiger partial charge is 0.176 e. The summed E-state index contributed by atoms with van der Waals surface area (Å²) in [5.74, 6) is 0.105. The summed E-state index contributed by atoms with van der Waals surface area (Å²) < 4.78 is 24.9. The van der Waals surface area contributed by atoms with Gasteiger partial charge in [-0.3, -0.25) is 4.68 Å². The van der Waals surface area contributed by atoms with Crippen LogP contribution in [0, 0.1) is 11.3 Å². The fourth-order valence-electron chi connectivity index (χ4n) is 2.03. The van der Waals surface area contributed by atoms with Crippen molar-refractivity contribution in [2.75, 3.05) is 18.6 Å². The molecule has 0 saturated heterocycles. The van der Waals surface area contributed by atoms with Gasteiger partial charge >= 0.3 is 0 Å². The van der Waals surface area contributed by atoms with Gasteiger partial charge in [-0.15, -0.1) is 0 Å². The largest absolute Gasteiger partial charge is 0.310 e. The van der Waals surface area contributed by atoms with Crippen molar-refractivity contribution in [1.29, 1.82) is 5.26 Å². The second-order valence-electron chi connectivity index (χ2n) is 5.65. The fourth-order valence-corrected chi connectivity index (χ4v) is 3.02. The molecule has 0 bridgehead atoms. The molecule has 1 N–H and O–H groups in total. The summed E-state index contributed by atoms with van der Waals surface area (Å²) in [5, 5.41) is 16.5. The van der Waals surface area contributed by atoms with Crippen LogP contribution in [0.1, 0.15) is 32.2 Å². The van der Waals surface area contributed by atoms with Crippen LogP contribution in [0.4, 0.5) is 0 Å². The van der Waals surface area contributed by atoms with Gasteiger partial charge in [0.25, 0.3) is 0 Å². The second-order valence-corrected chi connectivity index (χ2v) is 8.71. The molecule has 0 aliphatic rings. The highest BCUT2D eigenvalue weighted by Crippen LogP contribution is 2.25. The molecule has 1 aromatic heterocycles. The molecule has 0 fully saturated rings. The summed E-state index contributed by atoms with van der Waals surface area (Å²) in [6.45, 7) is 7.04. The minimum atomic E-state index is -2.97. The summed E-state index contributed by atoms with van der Waals surface area (Å²) in [7, 11) is -2.97. The molecule has 1 heterocycles. The molecule has 0 radical (unpaired) electrons. The Morgan fingerprint density at radius 2 is 2.10 bits per heavy atom. The molecule has 0 saturated carbocycles. The molecule has 8 heteroatoms. The Hall–Kier alpha value is -0.910. The number of nitrogens with zero attached hydrogens (tertiary/aromatic N) is 3. The van der Waals surface area contributed by atoms with Crippen LogP contribution in [0.15, 0.2) is 4.47 Å². The summed E-state index contributed by atoms with van der Waals surface area (Å²) in [4.78, 5) is 0. The molecule has 0 amide bonds. The van der Waals surface area contributed by atoms with E-state index in [0.717, 1.165) is 5.69 Å².